The van der Waals surface area contributed by atoms with Crippen molar-refractivity contribution in [2.75, 3.05) is 11.5 Å². The highest BCUT2D eigenvalue weighted by atomic mass is 35.5. The quantitative estimate of drug-likeness (QED) is 0.878. The molecule has 1 aromatic rings. The molecule has 82 valence electrons. The lowest BCUT2D eigenvalue weighted by Crippen LogP contribution is -2.21. The number of thioether (sulfide) groups is 1. The van der Waals surface area contributed by atoms with Gasteiger partial charge in [-0.3, -0.25) is 0 Å². The van der Waals surface area contributed by atoms with E-state index in [4.69, 9.17) is 28.9 Å². The van der Waals surface area contributed by atoms with Gasteiger partial charge >= 0.3 is 0 Å². The third-order valence-corrected chi connectivity index (χ3v) is 4.56. The zero-order valence-corrected chi connectivity index (χ0v) is 10.6. The first-order valence-electron chi connectivity index (χ1n) is 4.97. The number of nitrogens with two attached hydrogens (primary N) is 1. The summed E-state index contributed by atoms with van der Waals surface area (Å²) in [7, 11) is 0. The average Bonchev–Trinajstić information content (AvgIpc) is 2.74. The predicted octanol–water partition coefficient (Wildman–Crippen LogP) is 3.75. The topological polar surface area (TPSA) is 26.0 Å². The number of halogens is 2. The summed E-state index contributed by atoms with van der Waals surface area (Å²) < 4.78 is 0. The van der Waals surface area contributed by atoms with Crippen LogP contribution in [0.15, 0.2) is 18.2 Å². The van der Waals surface area contributed by atoms with Crippen molar-refractivity contribution in [3.63, 3.8) is 0 Å². The lowest BCUT2D eigenvalue weighted by atomic mass is 9.93. The van der Waals surface area contributed by atoms with Crippen LogP contribution in [-0.4, -0.2) is 11.5 Å². The van der Waals surface area contributed by atoms with Gasteiger partial charge in [-0.05, 0) is 47.6 Å². The SMILES string of the molecule is NC(c1cc(Cl)ccc1Cl)C1CCSC1. The van der Waals surface area contributed by atoms with Gasteiger partial charge < -0.3 is 5.73 Å². The minimum Gasteiger partial charge on any atom is -0.324 e. The molecule has 2 unspecified atom stereocenters. The van der Waals surface area contributed by atoms with Gasteiger partial charge in [0, 0.05) is 16.1 Å². The molecular formula is C11H13Cl2NS. The van der Waals surface area contributed by atoms with Gasteiger partial charge in [0.1, 0.15) is 0 Å². The van der Waals surface area contributed by atoms with Crippen LogP contribution in [0.1, 0.15) is 18.0 Å². The number of rotatable bonds is 2. The van der Waals surface area contributed by atoms with Gasteiger partial charge in [0.25, 0.3) is 0 Å². The molecule has 1 aromatic carbocycles. The molecule has 1 heterocycles. The van der Waals surface area contributed by atoms with Crippen molar-refractivity contribution in [3.8, 4) is 0 Å². The fourth-order valence-electron chi connectivity index (χ4n) is 1.86. The smallest absolute Gasteiger partial charge is 0.0454 e. The molecule has 0 radical (unpaired) electrons. The second-order valence-electron chi connectivity index (χ2n) is 3.82. The average molecular weight is 262 g/mol. The predicted molar refractivity (Wildman–Crippen MR) is 68.8 cm³/mol. The Hall–Kier alpha value is 0.110. The number of benzene rings is 1. The van der Waals surface area contributed by atoms with E-state index in [0.29, 0.717) is 10.9 Å². The molecule has 2 atom stereocenters. The van der Waals surface area contributed by atoms with Crippen molar-refractivity contribution in [2.45, 2.75) is 12.5 Å². The highest BCUT2D eigenvalue weighted by molar-refractivity contribution is 7.99. The monoisotopic (exact) mass is 261 g/mol. The zero-order chi connectivity index (χ0) is 10.8. The lowest BCUT2D eigenvalue weighted by molar-refractivity contribution is 0.482. The summed E-state index contributed by atoms with van der Waals surface area (Å²) in [5, 5.41) is 1.43. The van der Waals surface area contributed by atoms with Gasteiger partial charge in [-0.2, -0.15) is 11.8 Å². The van der Waals surface area contributed by atoms with E-state index in [1.165, 1.54) is 12.2 Å². The van der Waals surface area contributed by atoms with E-state index in [1.54, 1.807) is 6.07 Å². The molecule has 1 aliphatic heterocycles. The lowest BCUT2D eigenvalue weighted by Gasteiger charge is -2.19. The molecule has 0 bridgehead atoms. The van der Waals surface area contributed by atoms with E-state index < -0.39 is 0 Å². The van der Waals surface area contributed by atoms with Gasteiger partial charge in [0.2, 0.25) is 0 Å². The van der Waals surface area contributed by atoms with Crippen molar-refractivity contribution >= 4 is 35.0 Å². The maximum atomic E-state index is 6.21. The molecule has 1 saturated heterocycles. The third-order valence-electron chi connectivity index (χ3n) is 2.79. The maximum Gasteiger partial charge on any atom is 0.0454 e. The minimum absolute atomic E-state index is 0.0196. The van der Waals surface area contributed by atoms with Crippen molar-refractivity contribution in [1.29, 1.82) is 0 Å². The summed E-state index contributed by atoms with van der Waals surface area (Å²) in [5.41, 5.74) is 7.20. The summed E-state index contributed by atoms with van der Waals surface area (Å²) in [6, 6.07) is 5.52. The Morgan fingerprint density at radius 1 is 1.40 bits per heavy atom. The Morgan fingerprint density at radius 3 is 2.87 bits per heavy atom. The third kappa shape index (κ3) is 2.62. The van der Waals surface area contributed by atoms with Crippen LogP contribution >= 0.6 is 35.0 Å². The molecule has 2 rings (SSSR count). The first kappa shape index (κ1) is 11.6. The van der Waals surface area contributed by atoms with Crippen LogP contribution in [0.4, 0.5) is 0 Å². The molecule has 1 nitrogen and oxygen atoms in total. The molecular weight excluding hydrogens is 249 g/mol. The highest BCUT2D eigenvalue weighted by Gasteiger charge is 2.25. The van der Waals surface area contributed by atoms with Crippen LogP contribution in [-0.2, 0) is 0 Å². The Bertz CT molecular complexity index is 350. The fraction of sp³-hybridized carbons (Fsp3) is 0.455. The summed E-state index contributed by atoms with van der Waals surface area (Å²) in [5.74, 6) is 2.87. The molecule has 0 aliphatic carbocycles. The molecule has 1 fully saturated rings. The van der Waals surface area contributed by atoms with E-state index in [0.717, 1.165) is 16.3 Å². The molecule has 0 amide bonds. The first-order chi connectivity index (χ1) is 7.18. The van der Waals surface area contributed by atoms with Crippen molar-refractivity contribution in [1.82, 2.24) is 0 Å². The molecule has 15 heavy (non-hydrogen) atoms. The van der Waals surface area contributed by atoms with Gasteiger partial charge in [-0.15, -0.1) is 0 Å². The number of hydrogen-bond acceptors (Lipinski definition) is 2. The highest BCUT2D eigenvalue weighted by Crippen LogP contribution is 2.36. The second-order valence-corrected chi connectivity index (χ2v) is 5.81. The Kier molecular flexibility index (Phi) is 3.83. The maximum absolute atomic E-state index is 6.21. The molecule has 0 aromatic heterocycles. The first-order valence-corrected chi connectivity index (χ1v) is 6.88. The van der Waals surface area contributed by atoms with Gasteiger partial charge in [0.05, 0.1) is 0 Å². The standard InChI is InChI=1S/C11H13Cl2NS/c12-8-1-2-10(13)9(5-8)11(14)7-3-4-15-6-7/h1-2,5,7,11H,3-4,6,14H2. The van der Waals surface area contributed by atoms with Crippen molar-refractivity contribution < 1.29 is 0 Å². The molecule has 2 N–H and O–H groups in total. The van der Waals surface area contributed by atoms with E-state index in [2.05, 4.69) is 0 Å². The van der Waals surface area contributed by atoms with E-state index >= 15 is 0 Å². The summed E-state index contributed by atoms with van der Waals surface area (Å²) in [6.07, 6.45) is 1.18. The summed E-state index contributed by atoms with van der Waals surface area (Å²) in [6.45, 7) is 0. The largest absolute Gasteiger partial charge is 0.324 e. The van der Waals surface area contributed by atoms with Crippen LogP contribution in [0.5, 0.6) is 0 Å². The molecule has 1 aliphatic rings. The van der Waals surface area contributed by atoms with Crippen LogP contribution in [0.3, 0.4) is 0 Å². The van der Waals surface area contributed by atoms with Gasteiger partial charge in [-0.1, -0.05) is 23.2 Å². The Morgan fingerprint density at radius 2 is 2.20 bits per heavy atom. The van der Waals surface area contributed by atoms with Crippen molar-refractivity contribution in [2.24, 2.45) is 11.7 Å². The Labute approximate surface area is 104 Å². The normalized spacial score (nSPS) is 23.0. The number of hydrogen-bond donors (Lipinski definition) is 1. The molecule has 4 heteroatoms. The van der Waals surface area contributed by atoms with Gasteiger partial charge in [-0.25, -0.2) is 0 Å². The fourth-order valence-corrected chi connectivity index (χ4v) is 3.60. The van der Waals surface area contributed by atoms with Crippen LogP contribution in [0.25, 0.3) is 0 Å². The second kappa shape index (κ2) is 4.96. The van der Waals surface area contributed by atoms with Crippen LogP contribution in [0, 0.1) is 5.92 Å². The van der Waals surface area contributed by atoms with Gasteiger partial charge in [0.15, 0.2) is 0 Å². The molecule has 0 spiro atoms. The van der Waals surface area contributed by atoms with E-state index in [1.807, 2.05) is 23.9 Å². The minimum atomic E-state index is 0.0196. The van der Waals surface area contributed by atoms with Crippen LogP contribution < -0.4 is 5.73 Å². The summed E-state index contributed by atoms with van der Waals surface area (Å²) in [4.78, 5) is 0. The zero-order valence-electron chi connectivity index (χ0n) is 8.25. The Balaban J connectivity index is 2.23. The van der Waals surface area contributed by atoms with E-state index in [-0.39, 0.29) is 6.04 Å². The van der Waals surface area contributed by atoms with Crippen molar-refractivity contribution in [3.05, 3.63) is 33.8 Å². The van der Waals surface area contributed by atoms with Crippen LogP contribution in [0.2, 0.25) is 10.0 Å². The van der Waals surface area contributed by atoms with E-state index in [9.17, 15) is 0 Å². The molecule has 0 saturated carbocycles. The summed E-state index contributed by atoms with van der Waals surface area (Å²) >= 11 is 14.0.